The number of nitrogens with zero attached hydrogens (tertiary/aromatic N) is 1. The Morgan fingerprint density at radius 1 is 1.27 bits per heavy atom. The summed E-state index contributed by atoms with van der Waals surface area (Å²) in [5.74, 6) is -0.0221. The standard InChI is InChI=1S/C16H26N2O3S/c1-4-5-11-17-16(19)10-7-12-18(22(3,20)21)15-9-6-8-14(2)13-15/h6,8-9,13H,4-5,7,10-12H2,1-3H3,(H,17,19). The molecule has 1 rings (SSSR count). The highest BCUT2D eigenvalue weighted by molar-refractivity contribution is 7.92. The highest BCUT2D eigenvalue weighted by atomic mass is 32.2. The lowest BCUT2D eigenvalue weighted by Crippen LogP contribution is -2.32. The van der Waals surface area contributed by atoms with Crippen LogP contribution in [0, 0.1) is 6.92 Å². The van der Waals surface area contributed by atoms with E-state index >= 15 is 0 Å². The van der Waals surface area contributed by atoms with E-state index in [1.807, 2.05) is 25.1 Å². The molecule has 1 N–H and O–H groups in total. The van der Waals surface area contributed by atoms with Gasteiger partial charge in [-0.1, -0.05) is 25.5 Å². The number of nitrogens with one attached hydrogen (secondary N) is 1. The maximum atomic E-state index is 12.0. The van der Waals surface area contributed by atoms with Crippen molar-refractivity contribution in [3.8, 4) is 0 Å². The van der Waals surface area contributed by atoms with Crippen LogP contribution < -0.4 is 9.62 Å². The molecule has 0 aromatic heterocycles. The van der Waals surface area contributed by atoms with Crippen molar-refractivity contribution < 1.29 is 13.2 Å². The van der Waals surface area contributed by atoms with Gasteiger partial charge in [-0.3, -0.25) is 9.10 Å². The van der Waals surface area contributed by atoms with E-state index in [2.05, 4.69) is 12.2 Å². The van der Waals surface area contributed by atoms with E-state index in [1.54, 1.807) is 6.07 Å². The van der Waals surface area contributed by atoms with Gasteiger partial charge in [0.1, 0.15) is 0 Å². The molecule has 124 valence electrons. The second-order valence-electron chi connectivity index (χ2n) is 5.48. The number of carbonyl (C=O) groups is 1. The number of benzene rings is 1. The molecular formula is C16H26N2O3S. The third-order valence-corrected chi connectivity index (χ3v) is 4.50. The van der Waals surface area contributed by atoms with Gasteiger partial charge in [-0.15, -0.1) is 0 Å². The van der Waals surface area contributed by atoms with Crippen molar-refractivity contribution >= 4 is 21.6 Å². The zero-order chi connectivity index (χ0) is 16.6. The molecule has 1 aromatic rings. The van der Waals surface area contributed by atoms with Gasteiger partial charge in [-0.25, -0.2) is 8.42 Å². The van der Waals surface area contributed by atoms with Crippen LogP contribution >= 0.6 is 0 Å². The topological polar surface area (TPSA) is 66.5 Å². The van der Waals surface area contributed by atoms with E-state index in [-0.39, 0.29) is 5.91 Å². The number of anilines is 1. The molecule has 0 heterocycles. The summed E-state index contributed by atoms with van der Waals surface area (Å²) in [7, 11) is -3.35. The maximum Gasteiger partial charge on any atom is 0.232 e. The van der Waals surface area contributed by atoms with Crippen molar-refractivity contribution in [2.24, 2.45) is 0 Å². The SMILES string of the molecule is CCCCNC(=O)CCCN(c1cccc(C)c1)S(C)(=O)=O. The maximum absolute atomic E-state index is 12.0. The fraction of sp³-hybridized carbons (Fsp3) is 0.562. The first kappa shape index (κ1) is 18.5. The van der Waals surface area contributed by atoms with Gasteiger partial charge < -0.3 is 5.32 Å². The average Bonchev–Trinajstić information content (AvgIpc) is 2.42. The number of unbranched alkanes of at least 4 members (excludes halogenated alkanes) is 1. The summed E-state index contributed by atoms with van der Waals surface area (Å²) in [6.45, 7) is 4.98. The molecule has 22 heavy (non-hydrogen) atoms. The van der Waals surface area contributed by atoms with Crippen LogP contribution in [-0.2, 0) is 14.8 Å². The fourth-order valence-electron chi connectivity index (χ4n) is 2.15. The predicted octanol–water partition coefficient (Wildman–Crippen LogP) is 2.46. The minimum atomic E-state index is -3.35. The largest absolute Gasteiger partial charge is 0.356 e. The lowest BCUT2D eigenvalue weighted by Gasteiger charge is -2.22. The van der Waals surface area contributed by atoms with Crippen molar-refractivity contribution in [1.29, 1.82) is 0 Å². The van der Waals surface area contributed by atoms with Gasteiger partial charge in [0.25, 0.3) is 0 Å². The average molecular weight is 326 g/mol. The van der Waals surface area contributed by atoms with Gasteiger partial charge in [0.2, 0.25) is 15.9 Å². The molecule has 0 saturated heterocycles. The summed E-state index contributed by atoms with van der Waals surface area (Å²) in [5, 5.41) is 2.84. The van der Waals surface area contributed by atoms with Gasteiger partial charge in [-0.05, 0) is 37.5 Å². The van der Waals surface area contributed by atoms with Crippen molar-refractivity contribution in [3.63, 3.8) is 0 Å². The molecule has 0 bridgehead atoms. The van der Waals surface area contributed by atoms with Crippen LogP contribution in [0.2, 0.25) is 0 Å². The van der Waals surface area contributed by atoms with E-state index in [1.165, 1.54) is 10.6 Å². The van der Waals surface area contributed by atoms with Crippen molar-refractivity contribution in [2.75, 3.05) is 23.7 Å². The zero-order valence-corrected chi connectivity index (χ0v) is 14.4. The number of rotatable bonds is 9. The summed E-state index contributed by atoms with van der Waals surface area (Å²) in [6.07, 6.45) is 4.02. The van der Waals surface area contributed by atoms with Gasteiger partial charge in [0.05, 0.1) is 11.9 Å². The Labute approximate surface area is 133 Å². The smallest absolute Gasteiger partial charge is 0.232 e. The normalized spacial score (nSPS) is 11.2. The molecule has 6 heteroatoms. The van der Waals surface area contributed by atoms with E-state index in [9.17, 15) is 13.2 Å². The fourth-order valence-corrected chi connectivity index (χ4v) is 3.10. The van der Waals surface area contributed by atoms with Crippen LogP contribution in [0.5, 0.6) is 0 Å². The van der Waals surface area contributed by atoms with E-state index < -0.39 is 10.0 Å². The third-order valence-electron chi connectivity index (χ3n) is 3.31. The molecule has 0 aliphatic rings. The van der Waals surface area contributed by atoms with Crippen LogP contribution in [0.25, 0.3) is 0 Å². The Kier molecular flexibility index (Phi) is 7.38. The molecule has 0 aliphatic heterocycles. The summed E-state index contributed by atoms with van der Waals surface area (Å²) >= 11 is 0. The first-order valence-corrected chi connectivity index (χ1v) is 9.50. The highest BCUT2D eigenvalue weighted by Gasteiger charge is 2.17. The van der Waals surface area contributed by atoms with Crippen LogP contribution in [0.4, 0.5) is 5.69 Å². The quantitative estimate of drug-likeness (QED) is 0.709. The van der Waals surface area contributed by atoms with Crippen LogP contribution in [0.1, 0.15) is 38.2 Å². The van der Waals surface area contributed by atoms with Crippen LogP contribution in [0.15, 0.2) is 24.3 Å². The summed E-state index contributed by atoms with van der Waals surface area (Å²) < 4.78 is 25.3. The second kappa shape index (κ2) is 8.78. The molecule has 0 atom stereocenters. The van der Waals surface area contributed by atoms with Crippen molar-refractivity contribution in [1.82, 2.24) is 5.32 Å². The summed E-state index contributed by atoms with van der Waals surface area (Å²) in [4.78, 5) is 11.7. The molecule has 1 aromatic carbocycles. The lowest BCUT2D eigenvalue weighted by molar-refractivity contribution is -0.121. The Balaban J connectivity index is 2.59. The van der Waals surface area contributed by atoms with Gasteiger partial charge in [0.15, 0.2) is 0 Å². The van der Waals surface area contributed by atoms with Gasteiger partial charge in [0, 0.05) is 19.5 Å². The number of hydrogen-bond acceptors (Lipinski definition) is 3. The zero-order valence-electron chi connectivity index (χ0n) is 13.6. The Hall–Kier alpha value is -1.56. The molecule has 0 spiro atoms. The Morgan fingerprint density at radius 3 is 2.59 bits per heavy atom. The number of aryl methyl sites for hydroxylation is 1. The molecule has 0 saturated carbocycles. The first-order valence-electron chi connectivity index (χ1n) is 7.65. The first-order chi connectivity index (χ1) is 10.3. The van der Waals surface area contributed by atoms with Gasteiger partial charge in [-0.2, -0.15) is 0 Å². The molecule has 0 aliphatic carbocycles. The highest BCUT2D eigenvalue weighted by Crippen LogP contribution is 2.19. The molecule has 0 unspecified atom stereocenters. The Bertz CT molecular complexity index is 585. The Morgan fingerprint density at radius 2 is 2.00 bits per heavy atom. The minimum absolute atomic E-state index is 0.0221. The molecule has 1 amide bonds. The van der Waals surface area contributed by atoms with E-state index in [0.29, 0.717) is 31.6 Å². The molecule has 0 radical (unpaired) electrons. The van der Waals surface area contributed by atoms with E-state index in [4.69, 9.17) is 0 Å². The van der Waals surface area contributed by atoms with Gasteiger partial charge >= 0.3 is 0 Å². The lowest BCUT2D eigenvalue weighted by atomic mass is 10.2. The number of hydrogen-bond donors (Lipinski definition) is 1. The second-order valence-corrected chi connectivity index (χ2v) is 7.39. The molecular weight excluding hydrogens is 300 g/mol. The summed E-state index contributed by atoms with van der Waals surface area (Å²) in [5.41, 5.74) is 1.65. The van der Waals surface area contributed by atoms with Crippen LogP contribution in [0.3, 0.4) is 0 Å². The van der Waals surface area contributed by atoms with E-state index in [0.717, 1.165) is 18.4 Å². The number of amides is 1. The molecule has 5 nitrogen and oxygen atoms in total. The number of sulfonamides is 1. The third kappa shape index (κ3) is 6.47. The minimum Gasteiger partial charge on any atom is -0.356 e. The molecule has 0 fully saturated rings. The monoisotopic (exact) mass is 326 g/mol. The number of carbonyl (C=O) groups excluding carboxylic acids is 1. The van der Waals surface area contributed by atoms with Crippen LogP contribution in [-0.4, -0.2) is 33.7 Å². The van der Waals surface area contributed by atoms with Crippen molar-refractivity contribution in [3.05, 3.63) is 29.8 Å². The van der Waals surface area contributed by atoms with Crippen molar-refractivity contribution in [2.45, 2.75) is 39.5 Å². The predicted molar refractivity (Wildman–Crippen MR) is 90.5 cm³/mol. The summed E-state index contributed by atoms with van der Waals surface area (Å²) in [6, 6.07) is 7.36.